The lowest BCUT2D eigenvalue weighted by atomic mass is 10.1. The zero-order chi connectivity index (χ0) is 20.4. The molecule has 0 amide bonds. The van der Waals surface area contributed by atoms with Crippen molar-refractivity contribution in [1.29, 1.82) is 0 Å². The van der Waals surface area contributed by atoms with Crippen LogP contribution in [0, 0.1) is 6.92 Å². The first-order chi connectivity index (χ1) is 13.6. The molecule has 0 aliphatic heterocycles. The summed E-state index contributed by atoms with van der Waals surface area (Å²) >= 11 is 0. The topological polar surface area (TPSA) is 63.9 Å². The van der Waals surface area contributed by atoms with Gasteiger partial charge in [-0.2, -0.15) is 5.10 Å². The number of aryl methyl sites for hydroxylation is 2. The SMILES string of the molecule is CCNC(=NCCCn1cc(C)cn1)N(C)CCc1ccc(OC)c(OC)c1. The van der Waals surface area contributed by atoms with E-state index in [1.165, 1.54) is 11.1 Å². The summed E-state index contributed by atoms with van der Waals surface area (Å²) in [4.78, 5) is 6.92. The van der Waals surface area contributed by atoms with E-state index in [1.807, 2.05) is 23.0 Å². The maximum absolute atomic E-state index is 5.39. The van der Waals surface area contributed by atoms with Gasteiger partial charge in [0, 0.05) is 39.4 Å². The second kappa shape index (κ2) is 11.2. The quantitative estimate of drug-likeness (QED) is 0.386. The maximum atomic E-state index is 5.39. The average Bonchev–Trinajstić information content (AvgIpc) is 3.13. The minimum Gasteiger partial charge on any atom is -0.493 e. The minimum atomic E-state index is 0.752. The molecule has 0 atom stereocenters. The molecule has 0 aliphatic carbocycles. The number of methoxy groups -OCH3 is 2. The summed E-state index contributed by atoms with van der Waals surface area (Å²) in [6.07, 6.45) is 5.80. The number of guanidine groups is 1. The minimum absolute atomic E-state index is 0.752. The highest BCUT2D eigenvalue weighted by Crippen LogP contribution is 2.27. The van der Waals surface area contributed by atoms with Crippen LogP contribution in [0.5, 0.6) is 11.5 Å². The van der Waals surface area contributed by atoms with Gasteiger partial charge in [0.2, 0.25) is 0 Å². The number of ether oxygens (including phenoxy) is 2. The lowest BCUT2D eigenvalue weighted by Gasteiger charge is -2.22. The second-order valence-corrected chi connectivity index (χ2v) is 6.73. The molecule has 28 heavy (non-hydrogen) atoms. The fourth-order valence-corrected chi connectivity index (χ4v) is 2.92. The van der Waals surface area contributed by atoms with Crippen LogP contribution in [-0.4, -0.2) is 61.5 Å². The zero-order valence-corrected chi connectivity index (χ0v) is 17.7. The molecule has 7 nitrogen and oxygen atoms in total. The van der Waals surface area contributed by atoms with E-state index in [0.29, 0.717) is 0 Å². The van der Waals surface area contributed by atoms with Crippen molar-refractivity contribution in [3.05, 3.63) is 41.7 Å². The van der Waals surface area contributed by atoms with E-state index in [-0.39, 0.29) is 0 Å². The van der Waals surface area contributed by atoms with E-state index >= 15 is 0 Å². The molecule has 2 rings (SSSR count). The van der Waals surface area contributed by atoms with Gasteiger partial charge < -0.3 is 19.7 Å². The number of aliphatic imine (C=N–C) groups is 1. The lowest BCUT2D eigenvalue weighted by Crippen LogP contribution is -2.40. The zero-order valence-electron chi connectivity index (χ0n) is 17.7. The van der Waals surface area contributed by atoms with Crippen LogP contribution in [-0.2, 0) is 13.0 Å². The summed E-state index contributed by atoms with van der Waals surface area (Å²) in [7, 11) is 5.38. The van der Waals surface area contributed by atoms with Crippen molar-refractivity contribution in [3.8, 4) is 11.5 Å². The van der Waals surface area contributed by atoms with Crippen LogP contribution in [0.3, 0.4) is 0 Å². The first-order valence-corrected chi connectivity index (χ1v) is 9.76. The molecule has 1 aromatic carbocycles. The highest BCUT2D eigenvalue weighted by atomic mass is 16.5. The van der Waals surface area contributed by atoms with Crippen LogP contribution in [0.2, 0.25) is 0 Å². The number of rotatable bonds is 10. The van der Waals surface area contributed by atoms with E-state index in [4.69, 9.17) is 14.5 Å². The van der Waals surface area contributed by atoms with Gasteiger partial charge >= 0.3 is 0 Å². The van der Waals surface area contributed by atoms with Crippen LogP contribution in [0.15, 0.2) is 35.6 Å². The van der Waals surface area contributed by atoms with Crippen LogP contribution in [0.1, 0.15) is 24.5 Å². The predicted molar refractivity (Wildman–Crippen MR) is 113 cm³/mol. The monoisotopic (exact) mass is 387 g/mol. The highest BCUT2D eigenvalue weighted by Gasteiger charge is 2.08. The van der Waals surface area contributed by atoms with Crippen molar-refractivity contribution in [1.82, 2.24) is 20.0 Å². The Morgan fingerprint density at radius 1 is 1.25 bits per heavy atom. The number of nitrogens with one attached hydrogen (secondary N) is 1. The van der Waals surface area contributed by atoms with Gasteiger partial charge in [0.15, 0.2) is 17.5 Å². The summed E-state index contributed by atoms with van der Waals surface area (Å²) in [6, 6.07) is 6.05. The van der Waals surface area contributed by atoms with Gasteiger partial charge in [0.1, 0.15) is 0 Å². The summed E-state index contributed by atoms with van der Waals surface area (Å²) in [5.74, 6) is 2.44. The van der Waals surface area contributed by atoms with Crippen LogP contribution in [0.25, 0.3) is 0 Å². The van der Waals surface area contributed by atoms with Crippen molar-refractivity contribution >= 4 is 5.96 Å². The molecule has 1 heterocycles. The van der Waals surface area contributed by atoms with Crippen LogP contribution in [0.4, 0.5) is 0 Å². The maximum Gasteiger partial charge on any atom is 0.193 e. The molecule has 0 saturated heterocycles. The molecule has 2 aromatic rings. The van der Waals surface area contributed by atoms with E-state index in [0.717, 1.165) is 56.5 Å². The molecule has 0 spiro atoms. The standard InChI is InChI=1S/C21H33N5O2/c1-6-22-21(23-11-7-12-26-16-17(2)15-24-26)25(3)13-10-18-8-9-19(27-4)20(14-18)28-5/h8-9,14-16H,6-7,10-13H2,1-5H3,(H,22,23). The van der Waals surface area contributed by atoms with Gasteiger partial charge in [0.25, 0.3) is 0 Å². The van der Waals surface area contributed by atoms with Gasteiger partial charge in [0.05, 0.1) is 20.4 Å². The molecule has 1 aromatic heterocycles. The molecular formula is C21H33N5O2. The predicted octanol–water partition coefficient (Wildman–Crippen LogP) is 2.74. The molecule has 154 valence electrons. The van der Waals surface area contributed by atoms with Gasteiger partial charge in [-0.25, -0.2) is 0 Å². The van der Waals surface area contributed by atoms with Gasteiger partial charge in [-0.3, -0.25) is 9.67 Å². The summed E-state index contributed by atoms with van der Waals surface area (Å²) in [5, 5.41) is 7.69. The lowest BCUT2D eigenvalue weighted by molar-refractivity contribution is 0.354. The van der Waals surface area contributed by atoms with Crippen LogP contribution >= 0.6 is 0 Å². The Kier molecular flexibility index (Phi) is 8.65. The number of benzene rings is 1. The fourth-order valence-electron chi connectivity index (χ4n) is 2.92. The Hall–Kier alpha value is -2.70. The Morgan fingerprint density at radius 2 is 2.04 bits per heavy atom. The Morgan fingerprint density at radius 3 is 2.68 bits per heavy atom. The normalized spacial score (nSPS) is 11.4. The third-order valence-corrected chi connectivity index (χ3v) is 4.45. The molecule has 0 unspecified atom stereocenters. The first kappa shape index (κ1) is 21.6. The van der Waals surface area contributed by atoms with Crippen LogP contribution < -0.4 is 14.8 Å². The molecule has 0 saturated carbocycles. The number of hydrogen-bond donors (Lipinski definition) is 1. The Labute approximate surface area is 168 Å². The largest absolute Gasteiger partial charge is 0.493 e. The van der Waals surface area contributed by atoms with E-state index in [2.05, 4.69) is 48.5 Å². The fraction of sp³-hybridized carbons (Fsp3) is 0.524. The Bertz CT molecular complexity index is 757. The average molecular weight is 388 g/mol. The first-order valence-electron chi connectivity index (χ1n) is 9.76. The summed E-state index contributed by atoms with van der Waals surface area (Å²) in [6.45, 7) is 7.49. The smallest absolute Gasteiger partial charge is 0.193 e. The number of aromatic nitrogens is 2. The number of nitrogens with zero attached hydrogens (tertiary/aromatic N) is 4. The molecule has 1 N–H and O–H groups in total. The van der Waals surface area contributed by atoms with E-state index < -0.39 is 0 Å². The molecule has 0 fully saturated rings. The number of hydrogen-bond acceptors (Lipinski definition) is 4. The highest BCUT2D eigenvalue weighted by molar-refractivity contribution is 5.79. The summed E-state index contributed by atoms with van der Waals surface area (Å²) < 4.78 is 12.7. The van der Waals surface area contributed by atoms with Gasteiger partial charge in [-0.15, -0.1) is 0 Å². The van der Waals surface area contributed by atoms with E-state index in [9.17, 15) is 0 Å². The van der Waals surface area contributed by atoms with Crippen molar-refractivity contribution < 1.29 is 9.47 Å². The third kappa shape index (κ3) is 6.48. The molecule has 0 aliphatic rings. The molecule has 7 heteroatoms. The molecule has 0 bridgehead atoms. The second-order valence-electron chi connectivity index (χ2n) is 6.73. The molecule has 0 radical (unpaired) electrons. The Balaban J connectivity index is 1.87. The molecular weight excluding hydrogens is 354 g/mol. The van der Waals surface area contributed by atoms with Crippen molar-refractivity contribution in [2.45, 2.75) is 33.2 Å². The van der Waals surface area contributed by atoms with Crippen molar-refractivity contribution in [2.75, 3.05) is 40.9 Å². The van der Waals surface area contributed by atoms with Crippen molar-refractivity contribution in [3.63, 3.8) is 0 Å². The third-order valence-electron chi connectivity index (χ3n) is 4.45. The van der Waals surface area contributed by atoms with E-state index in [1.54, 1.807) is 14.2 Å². The van der Waals surface area contributed by atoms with Crippen molar-refractivity contribution in [2.24, 2.45) is 4.99 Å². The van der Waals surface area contributed by atoms with Gasteiger partial charge in [-0.1, -0.05) is 6.07 Å². The summed E-state index contributed by atoms with van der Waals surface area (Å²) in [5.41, 5.74) is 2.39. The van der Waals surface area contributed by atoms with Gasteiger partial charge in [-0.05, 0) is 49.9 Å². The number of likely N-dealkylation sites (N-methyl/N-ethyl adjacent to an activating group) is 1.